The molecule has 0 aromatic carbocycles. The first-order valence-electron chi connectivity index (χ1n) is 6.61. The summed E-state index contributed by atoms with van der Waals surface area (Å²) in [6.45, 7) is 11.2. The Kier molecular flexibility index (Phi) is 5.78. The van der Waals surface area contributed by atoms with Crippen LogP contribution in [0.3, 0.4) is 0 Å². The zero-order valence-corrected chi connectivity index (χ0v) is 13.7. The summed E-state index contributed by atoms with van der Waals surface area (Å²) in [5, 5.41) is 11.2. The van der Waals surface area contributed by atoms with Crippen LogP contribution < -0.4 is 5.32 Å². The summed E-state index contributed by atoms with van der Waals surface area (Å²) >= 11 is 0. The van der Waals surface area contributed by atoms with Crippen molar-refractivity contribution in [2.45, 2.75) is 71.6 Å². The highest BCUT2D eigenvalue weighted by Gasteiger charge is 2.41. The number of aliphatic carboxylic acids is 1. The Morgan fingerprint density at radius 1 is 0.905 bits per heavy atom. The Balaban J connectivity index is 5.13. The van der Waals surface area contributed by atoms with Crippen molar-refractivity contribution in [1.82, 2.24) is 5.32 Å². The number of hydrogen-bond acceptors (Lipinski definition) is 5. The molecule has 1 atom stereocenters. The van der Waals surface area contributed by atoms with Gasteiger partial charge in [-0.05, 0) is 48.5 Å². The fourth-order valence-corrected chi connectivity index (χ4v) is 1.39. The van der Waals surface area contributed by atoms with Crippen LogP contribution in [-0.2, 0) is 19.1 Å². The molecule has 0 rings (SSSR count). The monoisotopic (exact) mass is 303 g/mol. The normalized spacial score (nSPS) is 14.8. The molecule has 0 saturated carbocycles. The predicted octanol–water partition coefficient (Wildman–Crippen LogP) is 2.09. The molecule has 0 spiro atoms. The quantitative estimate of drug-likeness (QED) is 0.771. The van der Waals surface area contributed by atoms with Crippen LogP contribution in [0.5, 0.6) is 0 Å². The third-order valence-electron chi connectivity index (χ3n) is 2.13. The molecule has 0 radical (unpaired) electrons. The van der Waals surface area contributed by atoms with Gasteiger partial charge in [0.25, 0.3) is 0 Å². The molecule has 0 aliphatic heterocycles. The minimum Gasteiger partial charge on any atom is -0.481 e. The topological polar surface area (TPSA) is 102 Å². The number of amides is 1. The molecule has 0 aliphatic rings. The molecule has 1 amide bonds. The van der Waals surface area contributed by atoms with E-state index < -0.39 is 41.2 Å². The van der Waals surface area contributed by atoms with Crippen LogP contribution in [0.1, 0.15) is 54.9 Å². The van der Waals surface area contributed by atoms with Gasteiger partial charge in [-0.15, -0.1) is 0 Å². The fraction of sp³-hybridized carbons (Fsp3) is 0.786. The van der Waals surface area contributed by atoms with Gasteiger partial charge in [0.15, 0.2) is 0 Å². The van der Waals surface area contributed by atoms with Crippen LogP contribution in [0.15, 0.2) is 0 Å². The first kappa shape index (κ1) is 19.2. The van der Waals surface area contributed by atoms with E-state index in [2.05, 4.69) is 5.32 Å². The van der Waals surface area contributed by atoms with E-state index in [9.17, 15) is 14.4 Å². The molecular weight excluding hydrogens is 278 g/mol. The molecule has 0 heterocycles. The van der Waals surface area contributed by atoms with Crippen LogP contribution in [0.4, 0.5) is 4.79 Å². The van der Waals surface area contributed by atoms with Gasteiger partial charge in [-0.2, -0.15) is 0 Å². The lowest BCUT2D eigenvalue weighted by Gasteiger charge is -2.32. The van der Waals surface area contributed by atoms with Crippen LogP contribution in [-0.4, -0.2) is 39.9 Å². The number of hydrogen-bond donors (Lipinski definition) is 2. The van der Waals surface area contributed by atoms with E-state index in [1.807, 2.05) is 0 Å². The van der Waals surface area contributed by atoms with E-state index in [1.165, 1.54) is 6.92 Å². The molecule has 2 N–H and O–H groups in total. The highest BCUT2D eigenvalue weighted by molar-refractivity contribution is 5.89. The van der Waals surface area contributed by atoms with Crippen LogP contribution in [0, 0.1) is 0 Å². The summed E-state index contributed by atoms with van der Waals surface area (Å²) in [6, 6.07) is 0. The number of esters is 1. The number of carbonyl (C=O) groups excluding carboxylic acids is 2. The van der Waals surface area contributed by atoms with Crippen molar-refractivity contribution in [2.75, 3.05) is 0 Å². The number of ether oxygens (including phenoxy) is 2. The highest BCUT2D eigenvalue weighted by atomic mass is 16.6. The molecule has 21 heavy (non-hydrogen) atoms. The van der Waals surface area contributed by atoms with E-state index in [0.29, 0.717) is 0 Å². The average molecular weight is 303 g/mol. The predicted molar refractivity (Wildman–Crippen MR) is 75.9 cm³/mol. The SMILES string of the molecule is CC(C)(C)OC(=O)NC(C)(CC(=O)O)C(=O)OC(C)(C)C. The number of alkyl carbamates (subject to hydrolysis) is 1. The second-order valence-corrected chi connectivity index (χ2v) is 7.03. The van der Waals surface area contributed by atoms with Gasteiger partial charge in [-0.25, -0.2) is 9.59 Å². The third-order valence-corrected chi connectivity index (χ3v) is 2.13. The number of rotatable bonds is 4. The van der Waals surface area contributed by atoms with Crippen molar-refractivity contribution >= 4 is 18.0 Å². The maximum atomic E-state index is 12.2. The second kappa shape index (κ2) is 6.32. The summed E-state index contributed by atoms with van der Waals surface area (Å²) in [5.74, 6) is -2.07. The minimum absolute atomic E-state index is 0.610. The molecule has 0 aromatic heterocycles. The van der Waals surface area contributed by atoms with Crippen molar-refractivity contribution in [3.8, 4) is 0 Å². The summed E-state index contributed by atoms with van der Waals surface area (Å²) in [6.07, 6.45) is -1.49. The van der Waals surface area contributed by atoms with E-state index in [1.54, 1.807) is 41.5 Å². The van der Waals surface area contributed by atoms with Gasteiger partial charge in [-0.1, -0.05) is 0 Å². The standard InChI is InChI=1S/C14H25NO6/c1-12(2,3)20-10(18)14(7,8-9(16)17)15-11(19)21-13(4,5)6/h8H2,1-7H3,(H,15,19)(H,16,17). The van der Waals surface area contributed by atoms with Gasteiger partial charge in [0.1, 0.15) is 16.7 Å². The molecular formula is C14H25NO6. The molecule has 0 bridgehead atoms. The van der Waals surface area contributed by atoms with Gasteiger partial charge in [0, 0.05) is 0 Å². The second-order valence-electron chi connectivity index (χ2n) is 7.03. The largest absolute Gasteiger partial charge is 0.481 e. The Morgan fingerprint density at radius 3 is 1.67 bits per heavy atom. The van der Waals surface area contributed by atoms with Gasteiger partial charge in [0.2, 0.25) is 0 Å². The molecule has 0 saturated heterocycles. The van der Waals surface area contributed by atoms with Crippen LogP contribution in [0.2, 0.25) is 0 Å². The molecule has 7 heteroatoms. The third kappa shape index (κ3) is 8.16. The highest BCUT2D eigenvalue weighted by Crippen LogP contribution is 2.19. The molecule has 0 aliphatic carbocycles. The van der Waals surface area contributed by atoms with Gasteiger partial charge >= 0.3 is 18.0 Å². The molecule has 0 fully saturated rings. The lowest BCUT2D eigenvalue weighted by molar-refractivity contribution is -0.165. The summed E-state index contributed by atoms with van der Waals surface area (Å²) in [5.41, 5.74) is -3.27. The van der Waals surface area contributed by atoms with Gasteiger partial charge < -0.3 is 19.9 Å². The van der Waals surface area contributed by atoms with Crippen LogP contribution >= 0.6 is 0 Å². The van der Waals surface area contributed by atoms with Crippen molar-refractivity contribution in [3.63, 3.8) is 0 Å². The van der Waals surface area contributed by atoms with Crippen molar-refractivity contribution in [2.24, 2.45) is 0 Å². The average Bonchev–Trinajstić information content (AvgIpc) is 2.08. The maximum absolute atomic E-state index is 12.2. The van der Waals surface area contributed by atoms with E-state index >= 15 is 0 Å². The molecule has 122 valence electrons. The van der Waals surface area contributed by atoms with Crippen molar-refractivity contribution in [1.29, 1.82) is 0 Å². The Hall–Kier alpha value is -1.79. The number of carbonyl (C=O) groups is 3. The minimum atomic E-state index is -1.71. The van der Waals surface area contributed by atoms with E-state index in [4.69, 9.17) is 14.6 Å². The van der Waals surface area contributed by atoms with Gasteiger partial charge in [0.05, 0.1) is 6.42 Å². The zero-order valence-electron chi connectivity index (χ0n) is 13.7. The number of nitrogens with one attached hydrogen (secondary N) is 1. The van der Waals surface area contributed by atoms with E-state index in [0.717, 1.165) is 0 Å². The smallest absolute Gasteiger partial charge is 0.408 e. The Morgan fingerprint density at radius 2 is 1.33 bits per heavy atom. The fourth-order valence-electron chi connectivity index (χ4n) is 1.39. The molecule has 7 nitrogen and oxygen atoms in total. The van der Waals surface area contributed by atoms with Crippen LogP contribution in [0.25, 0.3) is 0 Å². The lowest BCUT2D eigenvalue weighted by Crippen LogP contribution is -2.56. The first-order chi connectivity index (χ1) is 9.15. The number of carboxylic acids is 1. The van der Waals surface area contributed by atoms with Crippen molar-refractivity contribution in [3.05, 3.63) is 0 Å². The number of carboxylic acid groups (broad SMARTS) is 1. The van der Waals surface area contributed by atoms with Gasteiger partial charge in [-0.3, -0.25) is 4.79 Å². The zero-order chi connectivity index (χ0) is 17.1. The Bertz CT molecular complexity index is 418. The summed E-state index contributed by atoms with van der Waals surface area (Å²) < 4.78 is 10.2. The first-order valence-corrected chi connectivity index (χ1v) is 6.61. The lowest BCUT2D eigenvalue weighted by atomic mass is 9.97. The molecule has 0 aromatic rings. The Labute approximate surface area is 125 Å². The summed E-state index contributed by atoms with van der Waals surface area (Å²) in [7, 11) is 0. The van der Waals surface area contributed by atoms with E-state index in [-0.39, 0.29) is 0 Å². The maximum Gasteiger partial charge on any atom is 0.408 e. The summed E-state index contributed by atoms with van der Waals surface area (Å²) in [4.78, 5) is 34.9. The molecule has 1 unspecified atom stereocenters. The van der Waals surface area contributed by atoms with Crippen molar-refractivity contribution < 1.29 is 29.0 Å².